The van der Waals surface area contributed by atoms with Gasteiger partial charge in [-0.1, -0.05) is 0 Å². The van der Waals surface area contributed by atoms with Crippen LogP contribution in [0.3, 0.4) is 0 Å². The van der Waals surface area contributed by atoms with E-state index in [1.54, 1.807) is 12.4 Å². The molecule has 2 N–H and O–H groups in total. The Labute approximate surface area is 161 Å². The second-order valence-corrected chi connectivity index (χ2v) is 6.49. The average Bonchev–Trinajstić information content (AvgIpc) is 3.23. The van der Waals surface area contributed by atoms with Crippen molar-refractivity contribution in [3.63, 3.8) is 0 Å². The smallest absolute Gasteiger partial charge is 0.225 e. The fraction of sp³-hybridized carbons (Fsp3) is 0.526. The van der Waals surface area contributed by atoms with Crippen LogP contribution < -0.4 is 15.5 Å². The number of nitrogens with zero attached hydrogens (tertiary/aromatic N) is 6. The highest BCUT2D eigenvalue weighted by Crippen LogP contribution is 2.09. The molecule has 2 aromatic rings. The number of piperazine rings is 1. The summed E-state index contributed by atoms with van der Waals surface area (Å²) in [6, 6.07) is 5.94. The van der Waals surface area contributed by atoms with Gasteiger partial charge in [0.15, 0.2) is 5.96 Å². The van der Waals surface area contributed by atoms with E-state index in [-0.39, 0.29) is 0 Å². The van der Waals surface area contributed by atoms with Gasteiger partial charge in [0, 0.05) is 77.1 Å². The van der Waals surface area contributed by atoms with Crippen molar-refractivity contribution in [1.29, 1.82) is 0 Å². The standard InChI is InChI=1S/C19H30N8/c1-2-20-18(21-8-12-25-10-3-4-11-25)22-9-13-26-14-16-27(17-15-26)19-23-6-5-7-24-19/h3-7,10-11H,2,8-9,12-17H2,1H3,(H2,20,21,22). The molecule has 1 fully saturated rings. The van der Waals surface area contributed by atoms with Crippen LogP contribution >= 0.6 is 0 Å². The van der Waals surface area contributed by atoms with Crippen LogP contribution in [-0.4, -0.2) is 77.8 Å². The third-order valence-corrected chi connectivity index (χ3v) is 4.57. The molecule has 0 bridgehead atoms. The van der Waals surface area contributed by atoms with Crippen LogP contribution in [0.1, 0.15) is 6.92 Å². The Kier molecular flexibility index (Phi) is 7.46. The minimum atomic E-state index is 0.792. The van der Waals surface area contributed by atoms with Gasteiger partial charge in [-0.3, -0.25) is 9.89 Å². The highest BCUT2D eigenvalue weighted by atomic mass is 15.3. The second kappa shape index (κ2) is 10.5. The third kappa shape index (κ3) is 6.25. The van der Waals surface area contributed by atoms with Gasteiger partial charge < -0.3 is 20.1 Å². The van der Waals surface area contributed by atoms with Crippen molar-refractivity contribution in [3.05, 3.63) is 43.0 Å². The summed E-state index contributed by atoms with van der Waals surface area (Å²) >= 11 is 0. The molecular formula is C19H30N8. The molecule has 2 aromatic heterocycles. The maximum Gasteiger partial charge on any atom is 0.225 e. The molecule has 0 atom stereocenters. The van der Waals surface area contributed by atoms with Crippen molar-refractivity contribution in [2.45, 2.75) is 13.5 Å². The summed E-state index contributed by atoms with van der Waals surface area (Å²) in [4.78, 5) is 18.1. The van der Waals surface area contributed by atoms with Crippen LogP contribution in [0, 0.1) is 0 Å². The molecule has 1 saturated heterocycles. The van der Waals surface area contributed by atoms with Crippen LogP contribution in [-0.2, 0) is 6.54 Å². The quantitative estimate of drug-likeness (QED) is 0.525. The Bertz CT molecular complexity index is 662. The summed E-state index contributed by atoms with van der Waals surface area (Å²) in [5.74, 6) is 1.72. The predicted molar refractivity (Wildman–Crippen MR) is 109 cm³/mol. The summed E-state index contributed by atoms with van der Waals surface area (Å²) in [7, 11) is 0. The first kappa shape index (κ1) is 19.2. The number of hydrogen-bond donors (Lipinski definition) is 2. The Hall–Kier alpha value is -2.61. The molecule has 0 aromatic carbocycles. The van der Waals surface area contributed by atoms with Gasteiger partial charge in [-0.2, -0.15) is 0 Å². The van der Waals surface area contributed by atoms with Crippen LogP contribution in [0.5, 0.6) is 0 Å². The van der Waals surface area contributed by atoms with Gasteiger partial charge in [-0.25, -0.2) is 9.97 Å². The summed E-state index contributed by atoms with van der Waals surface area (Å²) in [5, 5.41) is 6.72. The Morgan fingerprint density at radius 3 is 2.44 bits per heavy atom. The van der Waals surface area contributed by atoms with E-state index in [1.807, 2.05) is 18.2 Å². The molecule has 8 heteroatoms. The number of aliphatic imine (C=N–C) groups is 1. The first-order valence-electron chi connectivity index (χ1n) is 9.72. The Morgan fingerprint density at radius 1 is 1.00 bits per heavy atom. The highest BCUT2D eigenvalue weighted by molar-refractivity contribution is 5.79. The van der Waals surface area contributed by atoms with Gasteiger partial charge in [0.25, 0.3) is 0 Å². The van der Waals surface area contributed by atoms with Gasteiger partial charge >= 0.3 is 0 Å². The summed E-state index contributed by atoms with van der Waals surface area (Å²) < 4.78 is 2.16. The zero-order valence-electron chi connectivity index (χ0n) is 16.1. The average molecular weight is 371 g/mol. The predicted octanol–water partition coefficient (Wildman–Crippen LogP) is 0.655. The lowest BCUT2D eigenvalue weighted by molar-refractivity contribution is 0.263. The molecular weight excluding hydrogens is 340 g/mol. The van der Waals surface area contributed by atoms with Gasteiger partial charge in [-0.05, 0) is 25.1 Å². The molecule has 3 heterocycles. The van der Waals surface area contributed by atoms with E-state index in [1.165, 1.54) is 0 Å². The molecule has 27 heavy (non-hydrogen) atoms. The third-order valence-electron chi connectivity index (χ3n) is 4.57. The van der Waals surface area contributed by atoms with Gasteiger partial charge in [0.2, 0.25) is 5.95 Å². The SMILES string of the molecule is CCNC(=NCCN1CCN(c2ncccn2)CC1)NCCn1cccc1. The highest BCUT2D eigenvalue weighted by Gasteiger charge is 2.18. The number of hydrogen-bond acceptors (Lipinski definition) is 5. The maximum absolute atomic E-state index is 4.71. The van der Waals surface area contributed by atoms with Crippen molar-refractivity contribution in [2.75, 3.05) is 57.3 Å². The molecule has 0 saturated carbocycles. The zero-order chi connectivity index (χ0) is 18.7. The minimum Gasteiger partial charge on any atom is -0.357 e. The number of nitrogens with one attached hydrogen (secondary N) is 2. The second-order valence-electron chi connectivity index (χ2n) is 6.49. The minimum absolute atomic E-state index is 0.792. The van der Waals surface area contributed by atoms with Crippen molar-refractivity contribution < 1.29 is 0 Å². The summed E-state index contributed by atoms with van der Waals surface area (Å²) in [6.07, 6.45) is 7.75. The van der Waals surface area contributed by atoms with Crippen molar-refractivity contribution in [3.8, 4) is 0 Å². The van der Waals surface area contributed by atoms with Crippen molar-refractivity contribution >= 4 is 11.9 Å². The molecule has 0 radical (unpaired) electrons. The van der Waals surface area contributed by atoms with Gasteiger partial charge in [0.05, 0.1) is 6.54 Å². The van der Waals surface area contributed by atoms with Gasteiger partial charge in [0.1, 0.15) is 0 Å². The molecule has 1 aliphatic rings. The topological polar surface area (TPSA) is 73.6 Å². The van der Waals surface area contributed by atoms with Crippen molar-refractivity contribution in [1.82, 2.24) is 30.1 Å². The lowest BCUT2D eigenvalue weighted by atomic mass is 10.3. The fourth-order valence-corrected chi connectivity index (χ4v) is 3.09. The molecule has 0 unspecified atom stereocenters. The maximum atomic E-state index is 4.71. The molecule has 146 valence electrons. The van der Waals surface area contributed by atoms with E-state index >= 15 is 0 Å². The Morgan fingerprint density at radius 2 is 1.74 bits per heavy atom. The first-order valence-corrected chi connectivity index (χ1v) is 9.72. The number of anilines is 1. The number of guanidine groups is 1. The molecule has 0 spiro atoms. The molecule has 0 amide bonds. The first-order chi connectivity index (χ1) is 13.3. The van der Waals surface area contributed by atoms with E-state index in [4.69, 9.17) is 4.99 Å². The van der Waals surface area contributed by atoms with Crippen LogP contribution in [0.4, 0.5) is 5.95 Å². The summed E-state index contributed by atoms with van der Waals surface area (Å²) in [5.41, 5.74) is 0. The van der Waals surface area contributed by atoms with Gasteiger partial charge in [-0.15, -0.1) is 0 Å². The van der Waals surface area contributed by atoms with Crippen molar-refractivity contribution in [2.24, 2.45) is 4.99 Å². The number of rotatable bonds is 8. The molecule has 3 rings (SSSR count). The van der Waals surface area contributed by atoms with E-state index in [9.17, 15) is 0 Å². The van der Waals surface area contributed by atoms with Crippen LogP contribution in [0.25, 0.3) is 0 Å². The van der Waals surface area contributed by atoms with Crippen LogP contribution in [0.2, 0.25) is 0 Å². The van der Waals surface area contributed by atoms with E-state index in [0.717, 1.165) is 70.8 Å². The monoisotopic (exact) mass is 370 g/mol. The van der Waals surface area contributed by atoms with E-state index < -0.39 is 0 Å². The number of aromatic nitrogens is 3. The normalized spacial score (nSPS) is 15.7. The summed E-state index contributed by atoms with van der Waals surface area (Å²) in [6.45, 7) is 10.5. The van der Waals surface area contributed by atoms with E-state index in [2.05, 4.69) is 54.3 Å². The fourth-order valence-electron chi connectivity index (χ4n) is 3.09. The molecule has 8 nitrogen and oxygen atoms in total. The molecule has 0 aliphatic carbocycles. The van der Waals surface area contributed by atoms with E-state index in [0.29, 0.717) is 0 Å². The molecule has 1 aliphatic heterocycles. The lowest BCUT2D eigenvalue weighted by Crippen LogP contribution is -2.48. The van der Waals surface area contributed by atoms with Crippen LogP contribution in [0.15, 0.2) is 48.0 Å². The zero-order valence-corrected chi connectivity index (χ0v) is 16.1. The Balaban J connectivity index is 1.37. The largest absolute Gasteiger partial charge is 0.357 e. The lowest BCUT2D eigenvalue weighted by Gasteiger charge is -2.34.